The molecule has 12 heavy (non-hydrogen) atoms. The normalized spacial score (nSPS) is 12.1. The molecule has 6 heteroatoms. The van der Waals surface area contributed by atoms with E-state index < -0.39 is 12.7 Å². The van der Waals surface area contributed by atoms with Crippen LogP contribution in [-0.2, 0) is 6.54 Å². The van der Waals surface area contributed by atoms with E-state index in [0.717, 1.165) is 4.68 Å². The second kappa shape index (κ2) is 3.08. The zero-order valence-electron chi connectivity index (χ0n) is 6.19. The lowest BCUT2D eigenvalue weighted by Crippen LogP contribution is -2.17. The summed E-state index contributed by atoms with van der Waals surface area (Å²) in [6.45, 7) is 0.642. The largest absolute Gasteiger partial charge is 0.408 e. The Labute approximate surface area is 75.5 Å². The van der Waals surface area contributed by atoms with E-state index in [1.807, 2.05) is 0 Å². The lowest BCUT2D eigenvalue weighted by Gasteiger charge is -2.04. The van der Waals surface area contributed by atoms with E-state index in [1.54, 1.807) is 6.92 Å². The highest BCUT2D eigenvalue weighted by molar-refractivity contribution is 9.10. The van der Waals surface area contributed by atoms with Gasteiger partial charge in [0, 0.05) is 11.8 Å². The molecule has 0 amide bonds. The van der Waals surface area contributed by atoms with Gasteiger partial charge in [0.2, 0.25) is 0 Å². The van der Waals surface area contributed by atoms with Crippen LogP contribution in [0.2, 0.25) is 0 Å². The standard InChI is InChI=1S/C6H6BrF3N2/c1-4-2-12(11-5(4)7)3-6(8,9)10/h2H,3H2,1H3. The third-order valence-corrected chi connectivity index (χ3v) is 2.01. The van der Waals surface area contributed by atoms with Crippen LogP contribution in [0.15, 0.2) is 10.8 Å². The lowest BCUT2D eigenvalue weighted by atomic mass is 10.4. The van der Waals surface area contributed by atoms with Gasteiger partial charge in [-0.15, -0.1) is 0 Å². The van der Waals surface area contributed by atoms with Gasteiger partial charge >= 0.3 is 6.18 Å². The fourth-order valence-corrected chi connectivity index (χ4v) is 1.07. The van der Waals surface area contributed by atoms with Gasteiger partial charge in [-0.2, -0.15) is 18.3 Å². The molecule has 2 nitrogen and oxygen atoms in total. The highest BCUT2D eigenvalue weighted by Crippen LogP contribution is 2.19. The van der Waals surface area contributed by atoms with Crippen LogP contribution in [0, 0.1) is 6.92 Å². The Morgan fingerprint density at radius 2 is 2.17 bits per heavy atom. The summed E-state index contributed by atoms with van der Waals surface area (Å²) in [5.74, 6) is 0. The van der Waals surface area contributed by atoms with Crippen molar-refractivity contribution in [2.75, 3.05) is 0 Å². The first kappa shape index (κ1) is 9.57. The van der Waals surface area contributed by atoms with Crippen molar-refractivity contribution in [1.82, 2.24) is 9.78 Å². The van der Waals surface area contributed by atoms with Gasteiger partial charge in [-0.05, 0) is 22.9 Å². The van der Waals surface area contributed by atoms with Crippen LogP contribution in [0.1, 0.15) is 5.56 Å². The average molecular weight is 243 g/mol. The first-order valence-electron chi connectivity index (χ1n) is 3.15. The van der Waals surface area contributed by atoms with Crippen LogP contribution in [-0.4, -0.2) is 16.0 Å². The molecule has 1 rings (SSSR count). The third-order valence-electron chi connectivity index (χ3n) is 1.23. The molecule has 0 radical (unpaired) electrons. The van der Waals surface area contributed by atoms with Gasteiger partial charge in [-0.3, -0.25) is 4.68 Å². The quantitative estimate of drug-likeness (QED) is 0.740. The second-order valence-corrected chi connectivity index (χ2v) is 3.17. The predicted molar refractivity (Wildman–Crippen MR) is 40.7 cm³/mol. The van der Waals surface area contributed by atoms with Gasteiger partial charge in [0.25, 0.3) is 0 Å². The van der Waals surface area contributed by atoms with Crippen molar-refractivity contribution in [3.8, 4) is 0 Å². The van der Waals surface area contributed by atoms with Crippen LogP contribution < -0.4 is 0 Å². The molecule has 0 bridgehead atoms. The number of aromatic nitrogens is 2. The van der Waals surface area contributed by atoms with Crippen molar-refractivity contribution in [2.24, 2.45) is 0 Å². The molecular weight excluding hydrogens is 237 g/mol. The van der Waals surface area contributed by atoms with Crippen molar-refractivity contribution >= 4 is 15.9 Å². The van der Waals surface area contributed by atoms with Crippen molar-refractivity contribution in [3.05, 3.63) is 16.4 Å². The molecule has 1 aromatic heterocycles. The molecule has 0 saturated heterocycles. The average Bonchev–Trinajstić information content (AvgIpc) is 2.07. The summed E-state index contributed by atoms with van der Waals surface area (Å²) in [5, 5.41) is 3.61. The molecule has 0 aliphatic heterocycles. The Hall–Kier alpha value is -0.520. The van der Waals surface area contributed by atoms with Crippen LogP contribution in [0.5, 0.6) is 0 Å². The number of nitrogens with zero attached hydrogens (tertiary/aromatic N) is 2. The van der Waals surface area contributed by atoms with Crippen molar-refractivity contribution in [3.63, 3.8) is 0 Å². The summed E-state index contributed by atoms with van der Waals surface area (Å²) in [5.41, 5.74) is 0.694. The molecule has 0 aliphatic rings. The maximum absolute atomic E-state index is 11.8. The Kier molecular flexibility index (Phi) is 2.46. The molecule has 68 valence electrons. The summed E-state index contributed by atoms with van der Waals surface area (Å²) in [6, 6.07) is 0. The minimum Gasteiger partial charge on any atom is -0.262 e. The third kappa shape index (κ3) is 2.51. The molecule has 0 atom stereocenters. The predicted octanol–water partition coefficient (Wildman–Crippen LogP) is 2.52. The van der Waals surface area contributed by atoms with Gasteiger partial charge in [0.15, 0.2) is 0 Å². The van der Waals surface area contributed by atoms with Crippen LogP contribution in [0.3, 0.4) is 0 Å². The number of hydrogen-bond acceptors (Lipinski definition) is 1. The van der Waals surface area contributed by atoms with E-state index in [4.69, 9.17) is 0 Å². The van der Waals surface area contributed by atoms with Crippen molar-refractivity contribution in [2.45, 2.75) is 19.6 Å². The summed E-state index contributed by atoms with van der Waals surface area (Å²) in [6.07, 6.45) is -2.87. The number of alkyl halides is 3. The molecule has 0 spiro atoms. The highest BCUT2D eigenvalue weighted by Gasteiger charge is 2.28. The topological polar surface area (TPSA) is 17.8 Å². The summed E-state index contributed by atoms with van der Waals surface area (Å²) in [4.78, 5) is 0. The zero-order chi connectivity index (χ0) is 9.35. The maximum atomic E-state index is 11.8. The van der Waals surface area contributed by atoms with Gasteiger partial charge in [-0.1, -0.05) is 0 Å². The van der Waals surface area contributed by atoms with E-state index in [-0.39, 0.29) is 0 Å². The molecule has 0 saturated carbocycles. The minimum absolute atomic E-state index is 0.451. The van der Waals surface area contributed by atoms with Crippen molar-refractivity contribution in [1.29, 1.82) is 0 Å². The Morgan fingerprint density at radius 3 is 2.50 bits per heavy atom. The minimum atomic E-state index is -4.21. The van der Waals surface area contributed by atoms with E-state index in [1.165, 1.54) is 6.20 Å². The van der Waals surface area contributed by atoms with Crippen molar-refractivity contribution < 1.29 is 13.2 Å². The highest BCUT2D eigenvalue weighted by atomic mass is 79.9. The molecule has 1 heterocycles. The summed E-state index contributed by atoms with van der Waals surface area (Å²) >= 11 is 3.02. The first-order chi connectivity index (χ1) is 5.38. The number of aryl methyl sites for hydroxylation is 1. The second-order valence-electron chi connectivity index (χ2n) is 2.42. The Morgan fingerprint density at radius 1 is 1.58 bits per heavy atom. The van der Waals surface area contributed by atoms with Gasteiger partial charge < -0.3 is 0 Å². The smallest absolute Gasteiger partial charge is 0.262 e. The van der Waals surface area contributed by atoms with E-state index >= 15 is 0 Å². The number of hydrogen-bond donors (Lipinski definition) is 0. The Bertz CT molecular complexity index is 259. The monoisotopic (exact) mass is 242 g/mol. The Balaban J connectivity index is 2.77. The fraction of sp³-hybridized carbons (Fsp3) is 0.500. The molecule has 0 aromatic carbocycles. The van der Waals surface area contributed by atoms with E-state index in [0.29, 0.717) is 10.2 Å². The zero-order valence-corrected chi connectivity index (χ0v) is 7.78. The maximum Gasteiger partial charge on any atom is 0.408 e. The molecule has 0 unspecified atom stereocenters. The first-order valence-corrected chi connectivity index (χ1v) is 3.94. The molecular formula is C6H6BrF3N2. The van der Waals surface area contributed by atoms with E-state index in [9.17, 15) is 13.2 Å². The molecule has 1 aromatic rings. The van der Waals surface area contributed by atoms with Crippen LogP contribution in [0.25, 0.3) is 0 Å². The molecule has 0 N–H and O–H groups in total. The van der Waals surface area contributed by atoms with Gasteiger partial charge in [0.1, 0.15) is 11.1 Å². The van der Waals surface area contributed by atoms with Crippen LogP contribution >= 0.6 is 15.9 Å². The number of rotatable bonds is 1. The van der Waals surface area contributed by atoms with Crippen LogP contribution in [0.4, 0.5) is 13.2 Å². The lowest BCUT2D eigenvalue weighted by molar-refractivity contribution is -0.142. The van der Waals surface area contributed by atoms with Gasteiger partial charge in [-0.25, -0.2) is 0 Å². The summed E-state index contributed by atoms with van der Waals surface area (Å²) in [7, 11) is 0. The molecule has 0 fully saturated rings. The van der Waals surface area contributed by atoms with E-state index in [2.05, 4.69) is 21.0 Å². The molecule has 0 aliphatic carbocycles. The fourth-order valence-electron chi connectivity index (χ4n) is 0.762. The SMILES string of the molecule is Cc1cn(CC(F)(F)F)nc1Br. The van der Waals surface area contributed by atoms with Gasteiger partial charge in [0.05, 0.1) is 0 Å². The summed E-state index contributed by atoms with van der Waals surface area (Å²) < 4.78 is 36.7. The number of halogens is 4.